The standard InChI is InChI=1S/C15H28N2O5S/c1-15(2,3)22-14(19)16-4-6-20-8-9-21-7-5-17-11-12(23)10-13(17)18/h12,23H,4-11H2,1-3H3,(H,16,19). The van der Waals surface area contributed by atoms with Crippen molar-refractivity contribution in [2.24, 2.45) is 0 Å². The summed E-state index contributed by atoms with van der Waals surface area (Å²) in [5.41, 5.74) is -0.498. The molecule has 0 aliphatic carbocycles. The highest BCUT2D eigenvalue weighted by Gasteiger charge is 2.26. The highest BCUT2D eigenvalue weighted by molar-refractivity contribution is 7.81. The molecule has 134 valence electrons. The van der Waals surface area contributed by atoms with Crippen molar-refractivity contribution in [2.75, 3.05) is 46.1 Å². The maximum Gasteiger partial charge on any atom is 0.407 e. The Labute approximate surface area is 143 Å². The number of hydrogen-bond acceptors (Lipinski definition) is 6. The van der Waals surface area contributed by atoms with Crippen molar-refractivity contribution in [1.29, 1.82) is 0 Å². The van der Waals surface area contributed by atoms with Crippen molar-refractivity contribution < 1.29 is 23.8 Å². The van der Waals surface area contributed by atoms with Gasteiger partial charge in [0.05, 0.1) is 26.4 Å². The molecule has 7 nitrogen and oxygen atoms in total. The Bertz CT molecular complexity index is 387. The van der Waals surface area contributed by atoms with Gasteiger partial charge in [0.2, 0.25) is 5.91 Å². The Kier molecular flexibility index (Phi) is 8.72. The van der Waals surface area contributed by atoms with E-state index >= 15 is 0 Å². The van der Waals surface area contributed by atoms with Crippen LogP contribution in [-0.4, -0.2) is 73.8 Å². The van der Waals surface area contributed by atoms with Crippen LogP contribution in [0.3, 0.4) is 0 Å². The number of carbonyl (C=O) groups is 2. The summed E-state index contributed by atoms with van der Waals surface area (Å²) in [5, 5.41) is 2.75. The smallest absolute Gasteiger partial charge is 0.407 e. The van der Waals surface area contributed by atoms with Gasteiger partial charge in [-0.05, 0) is 20.8 Å². The maximum atomic E-state index is 11.5. The second kappa shape index (κ2) is 10.00. The van der Waals surface area contributed by atoms with E-state index in [4.69, 9.17) is 14.2 Å². The van der Waals surface area contributed by atoms with E-state index < -0.39 is 11.7 Å². The van der Waals surface area contributed by atoms with Gasteiger partial charge in [-0.25, -0.2) is 4.79 Å². The van der Waals surface area contributed by atoms with E-state index in [9.17, 15) is 9.59 Å². The number of nitrogens with zero attached hydrogens (tertiary/aromatic N) is 1. The molecular formula is C15H28N2O5S. The molecule has 0 aromatic heterocycles. The Morgan fingerprint density at radius 3 is 2.48 bits per heavy atom. The van der Waals surface area contributed by atoms with Gasteiger partial charge < -0.3 is 24.4 Å². The maximum absolute atomic E-state index is 11.5. The molecule has 1 aliphatic rings. The van der Waals surface area contributed by atoms with E-state index in [0.717, 1.165) is 0 Å². The first kappa shape index (κ1) is 20.1. The third kappa shape index (κ3) is 9.68. The minimum atomic E-state index is -0.498. The van der Waals surface area contributed by atoms with Crippen LogP contribution in [0.1, 0.15) is 27.2 Å². The van der Waals surface area contributed by atoms with Crippen molar-refractivity contribution in [3.8, 4) is 0 Å². The van der Waals surface area contributed by atoms with E-state index in [2.05, 4.69) is 17.9 Å². The average molecular weight is 348 g/mol. The summed E-state index contributed by atoms with van der Waals surface area (Å²) >= 11 is 4.30. The van der Waals surface area contributed by atoms with Crippen LogP contribution in [0.5, 0.6) is 0 Å². The number of carbonyl (C=O) groups excluding carboxylic acids is 2. The van der Waals surface area contributed by atoms with Crippen LogP contribution in [0.25, 0.3) is 0 Å². The zero-order valence-electron chi connectivity index (χ0n) is 14.2. The lowest BCUT2D eigenvalue weighted by atomic mass is 10.2. The molecule has 0 aromatic carbocycles. The molecule has 0 aromatic rings. The van der Waals surface area contributed by atoms with Crippen LogP contribution in [0.2, 0.25) is 0 Å². The molecular weight excluding hydrogens is 320 g/mol. The summed E-state index contributed by atoms with van der Waals surface area (Å²) < 4.78 is 15.8. The largest absolute Gasteiger partial charge is 0.444 e. The first-order valence-electron chi connectivity index (χ1n) is 7.86. The second-order valence-corrected chi connectivity index (χ2v) is 7.08. The molecule has 1 fully saturated rings. The van der Waals surface area contributed by atoms with Crippen LogP contribution in [0.15, 0.2) is 0 Å². The Morgan fingerprint density at radius 1 is 1.26 bits per heavy atom. The Morgan fingerprint density at radius 2 is 1.91 bits per heavy atom. The fourth-order valence-electron chi connectivity index (χ4n) is 2.00. The number of alkyl carbamates (subject to hydrolysis) is 1. The fourth-order valence-corrected chi connectivity index (χ4v) is 2.36. The number of rotatable bonds is 9. The highest BCUT2D eigenvalue weighted by Crippen LogP contribution is 2.15. The van der Waals surface area contributed by atoms with Gasteiger partial charge in [-0.3, -0.25) is 4.79 Å². The molecule has 1 saturated heterocycles. The molecule has 1 atom stereocenters. The molecule has 0 radical (unpaired) electrons. The molecule has 2 amide bonds. The normalized spacial score (nSPS) is 18.3. The fraction of sp³-hybridized carbons (Fsp3) is 0.867. The first-order chi connectivity index (χ1) is 10.8. The highest BCUT2D eigenvalue weighted by atomic mass is 32.1. The number of ether oxygens (including phenoxy) is 3. The van der Waals surface area contributed by atoms with E-state index in [1.54, 1.807) is 4.90 Å². The lowest BCUT2D eigenvalue weighted by Crippen LogP contribution is -2.34. The average Bonchev–Trinajstić information content (AvgIpc) is 2.73. The number of hydrogen-bond donors (Lipinski definition) is 2. The summed E-state index contributed by atoms with van der Waals surface area (Å²) in [6.45, 7) is 8.90. The van der Waals surface area contributed by atoms with Crippen LogP contribution in [-0.2, 0) is 19.0 Å². The van der Waals surface area contributed by atoms with Crippen LogP contribution in [0, 0.1) is 0 Å². The number of nitrogens with one attached hydrogen (secondary N) is 1. The van der Waals surface area contributed by atoms with Crippen LogP contribution < -0.4 is 5.32 Å². The zero-order valence-corrected chi connectivity index (χ0v) is 15.1. The third-order valence-corrected chi connectivity index (χ3v) is 3.33. The molecule has 0 spiro atoms. The lowest BCUT2D eigenvalue weighted by Gasteiger charge is -2.19. The molecule has 0 saturated carbocycles. The van der Waals surface area contributed by atoms with Gasteiger partial charge in [-0.2, -0.15) is 12.6 Å². The number of thiol groups is 1. The van der Waals surface area contributed by atoms with Crippen molar-refractivity contribution in [3.63, 3.8) is 0 Å². The van der Waals surface area contributed by atoms with Gasteiger partial charge in [0.15, 0.2) is 0 Å². The Balaban J connectivity index is 1.88. The number of amides is 2. The summed E-state index contributed by atoms with van der Waals surface area (Å²) in [4.78, 5) is 24.6. The van der Waals surface area contributed by atoms with Gasteiger partial charge in [-0.15, -0.1) is 0 Å². The van der Waals surface area contributed by atoms with Gasteiger partial charge in [0.1, 0.15) is 5.60 Å². The summed E-state index contributed by atoms with van der Waals surface area (Å²) in [6, 6.07) is 0. The van der Waals surface area contributed by atoms with E-state index in [-0.39, 0.29) is 11.2 Å². The topological polar surface area (TPSA) is 77.1 Å². The van der Waals surface area contributed by atoms with Gasteiger partial charge in [0.25, 0.3) is 0 Å². The monoisotopic (exact) mass is 348 g/mol. The summed E-state index contributed by atoms with van der Waals surface area (Å²) in [5.74, 6) is 0.137. The minimum Gasteiger partial charge on any atom is -0.444 e. The molecule has 1 N–H and O–H groups in total. The number of likely N-dealkylation sites (tertiary alicyclic amines) is 1. The molecule has 1 heterocycles. The second-order valence-electron chi connectivity index (χ2n) is 6.35. The van der Waals surface area contributed by atoms with Crippen molar-refractivity contribution in [1.82, 2.24) is 10.2 Å². The molecule has 0 bridgehead atoms. The molecule has 1 rings (SSSR count). The first-order valence-corrected chi connectivity index (χ1v) is 8.38. The summed E-state index contributed by atoms with van der Waals surface area (Å²) in [6.07, 6.45) is 0.0618. The molecule has 23 heavy (non-hydrogen) atoms. The quantitative estimate of drug-likeness (QED) is 0.482. The van der Waals surface area contributed by atoms with Crippen molar-refractivity contribution in [3.05, 3.63) is 0 Å². The molecule has 8 heteroatoms. The van der Waals surface area contributed by atoms with Crippen LogP contribution in [0.4, 0.5) is 4.79 Å². The van der Waals surface area contributed by atoms with Gasteiger partial charge in [-0.1, -0.05) is 0 Å². The van der Waals surface area contributed by atoms with Crippen molar-refractivity contribution in [2.45, 2.75) is 38.0 Å². The Hall–Kier alpha value is -0.990. The zero-order chi connectivity index (χ0) is 17.3. The summed E-state index contributed by atoms with van der Waals surface area (Å²) in [7, 11) is 0. The van der Waals surface area contributed by atoms with E-state index in [0.29, 0.717) is 52.5 Å². The van der Waals surface area contributed by atoms with E-state index in [1.807, 2.05) is 20.8 Å². The minimum absolute atomic E-state index is 0.137. The van der Waals surface area contributed by atoms with Gasteiger partial charge in [0, 0.05) is 31.3 Å². The van der Waals surface area contributed by atoms with Gasteiger partial charge >= 0.3 is 6.09 Å². The van der Waals surface area contributed by atoms with E-state index in [1.165, 1.54) is 0 Å². The predicted molar refractivity (Wildman–Crippen MR) is 89.8 cm³/mol. The SMILES string of the molecule is CC(C)(C)OC(=O)NCCOCCOCCN1CC(S)CC1=O. The lowest BCUT2D eigenvalue weighted by molar-refractivity contribution is -0.128. The predicted octanol–water partition coefficient (Wildman–Crippen LogP) is 1.08. The molecule has 1 aliphatic heterocycles. The molecule has 1 unspecified atom stereocenters. The van der Waals surface area contributed by atoms with Crippen molar-refractivity contribution >= 4 is 24.6 Å². The third-order valence-electron chi connectivity index (χ3n) is 2.99. The van der Waals surface area contributed by atoms with Crippen LogP contribution >= 0.6 is 12.6 Å².